The Morgan fingerprint density at radius 1 is 1.47 bits per heavy atom. The minimum absolute atomic E-state index is 0.0389. The van der Waals surface area contributed by atoms with Crippen LogP contribution in [0.1, 0.15) is 24.3 Å². The monoisotopic (exact) mass is 236 g/mol. The molecule has 0 spiro atoms. The second-order valence-corrected chi connectivity index (χ2v) is 4.95. The average molecular weight is 236 g/mol. The molecule has 2 heterocycles. The van der Waals surface area contributed by atoms with Crippen LogP contribution in [0.3, 0.4) is 0 Å². The summed E-state index contributed by atoms with van der Waals surface area (Å²) in [6.45, 7) is 7.30. The zero-order valence-electron chi connectivity index (χ0n) is 10.5. The molecule has 0 aliphatic carbocycles. The second-order valence-electron chi connectivity index (χ2n) is 4.95. The topological polar surface area (TPSA) is 64.2 Å². The molecular formula is C12H20N4O. The normalized spacial score (nSPS) is 24.3. The molecule has 1 aliphatic heterocycles. The van der Waals surface area contributed by atoms with Gasteiger partial charge < -0.3 is 15.2 Å². The van der Waals surface area contributed by atoms with Gasteiger partial charge in [0.25, 0.3) is 5.91 Å². The summed E-state index contributed by atoms with van der Waals surface area (Å²) in [5, 5.41) is 0. The molecule has 5 heteroatoms. The van der Waals surface area contributed by atoms with E-state index in [-0.39, 0.29) is 5.91 Å². The standard InChI is InChI=1S/C12H20N4O/c1-9-5-16(6-10(9)2)12(17)11-7-15(4-3-13)8-14-11/h7-10H,3-6,13H2,1-2H3. The molecule has 1 aliphatic rings. The van der Waals surface area contributed by atoms with Gasteiger partial charge >= 0.3 is 0 Å². The number of hydrogen-bond donors (Lipinski definition) is 1. The van der Waals surface area contributed by atoms with Crippen molar-refractivity contribution < 1.29 is 4.79 Å². The van der Waals surface area contributed by atoms with Crippen LogP contribution < -0.4 is 5.73 Å². The number of carbonyl (C=O) groups is 1. The van der Waals surface area contributed by atoms with E-state index in [1.165, 1.54) is 0 Å². The number of hydrogen-bond acceptors (Lipinski definition) is 3. The molecule has 2 unspecified atom stereocenters. The van der Waals surface area contributed by atoms with Crippen LogP contribution in [0.15, 0.2) is 12.5 Å². The van der Waals surface area contributed by atoms with Gasteiger partial charge in [-0.3, -0.25) is 4.79 Å². The van der Waals surface area contributed by atoms with Gasteiger partial charge in [0.1, 0.15) is 5.69 Å². The predicted molar refractivity (Wildman–Crippen MR) is 65.5 cm³/mol. The number of nitrogens with zero attached hydrogens (tertiary/aromatic N) is 3. The minimum Gasteiger partial charge on any atom is -0.337 e. The Hall–Kier alpha value is -1.36. The highest BCUT2D eigenvalue weighted by atomic mass is 16.2. The highest BCUT2D eigenvalue weighted by Gasteiger charge is 2.30. The Morgan fingerprint density at radius 3 is 2.71 bits per heavy atom. The maximum atomic E-state index is 12.2. The molecule has 5 nitrogen and oxygen atoms in total. The minimum atomic E-state index is 0.0389. The number of likely N-dealkylation sites (tertiary alicyclic amines) is 1. The zero-order chi connectivity index (χ0) is 12.4. The fourth-order valence-electron chi connectivity index (χ4n) is 2.20. The highest BCUT2D eigenvalue weighted by Crippen LogP contribution is 2.23. The SMILES string of the molecule is CC1CN(C(=O)c2cn(CCN)cn2)CC1C. The molecule has 2 atom stereocenters. The molecule has 17 heavy (non-hydrogen) atoms. The lowest BCUT2D eigenvalue weighted by Gasteiger charge is -2.13. The van der Waals surface area contributed by atoms with Crippen molar-refractivity contribution in [2.24, 2.45) is 17.6 Å². The first kappa shape index (κ1) is 12.1. The smallest absolute Gasteiger partial charge is 0.274 e. The van der Waals surface area contributed by atoms with Crippen LogP contribution >= 0.6 is 0 Å². The molecule has 1 amide bonds. The molecule has 2 rings (SSSR count). The fourth-order valence-corrected chi connectivity index (χ4v) is 2.20. The average Bonchev–Trinajstić information content (AvgIpc) is 2.87. The van der Waals surface area contributed by atoms with Crippen molar-refractivity contribution in [1.82, 2.24) is 14.5 Å². The lowest BCUT2D eigenvalue weighted by Crippen LogP contribution is -2.29. The zero-order valence-corrected chi connectivity index (χ0v) is 10.5. The van der Waals surface area contributed by atoms with E-state index in [0.717, 1.165) is 13.1 Å². The van der Waals surface area contributed by atoms with Gasteiger partial charge in [0.2, 0.25) is 0 Å². The van der Waals surface area contributed by atoms with E-state index >= 15 is 0 Å². The first-order valence-electron chi connectivity index (χ1n) is 6.13. The third kappa shape index (κ3) is 2.49. The van der Waals surface area contributed by atoms with Gasteiger partial charge in [0.05, 0.1) is 6.33 Å². The number of amides is 1. The number of aromatic nitrogens is 2. The summed E-state index contributed by atoms with van der Waals surface area (Å²) in [6, 6.07) is 0. The first-order chi connectivity index (χ1) is 8.11. The molecule has 1 fully saturated rings. The molecule has 1 saturated heterocycles. The molecule has 1 aromatic heterocycles. The fraction of sp³-hybridized carbons (Fsp3) is 0.667. The van der Waals surface area contributed by atoms with Crippen LogP contribution in [-0.4, -0.2) is 40.0 Å². The summed E-state index contributed by atoms with van der Waals surface area (Å²) in [6.07, 6.45) is 3.45. The van der Waals surface area contributed by atoms with Gasteiger partial charge in [0, 0.05) is 32.4 Å². The lowest BCUT2D eigenvalue weighted by molar-refractivity contribution is 0.0779. The van der Waals surface area contributed by atoms with Gasteiger partial charge in [-0.15, -0.1) is 0 Å². The van der Waals surface area contributed by atoms with Crippen molar-refractivity contribution >= 4 is 5.91 Å². The summed E-state index contributed by atoms with van der Waals surface area (Å²) in [5.41, 5.74) is 5.99. The Kier molecular flexibility index (Phi) is 3.47. The maximum absolute atomic E-state index is 12.2. The lowest BCUT2D eigenvalue weighted by atomic mass is 10.0. The van der Waals surface area contributed by atoms with Crippen molar-refractivity contribution in [3.05, 3.63) is 18.2 Å². The van der Waals surface area contributed by atoms with Crippen LogP contribution in [-0.2, 0) is 6.54 Å². The van der Waals surface area contributed by atoms with Crippen molar-refractivity contribution in [3.8, 4) is 0 Å². The molecule has 1 aromatic rings. The van der Waals surface area contributed by atoms with Crippen molar-refractivity contribution in [2.45, 2.75) is 20.4 Å². The Morgan fingerprint density at radius 2 is 2.12 bits per heavy atom. The van der Waals surface area contributed by atoms with Gasteiger partial charge in [-0.05, 0) is 11.8 Å². The summed E-state index contributed by atoms with van der Waals surface area (Å²) in [7, 11) is 0. The van der Waals surface area contributed by atoms with E-state index < -0.39 is 0 Å². The first-order valence-corrected chi connectivity index (χ1v) is 6.13. The molecule has 2 N–H and O–H groups in total. The van der Waals surface area contributed by atoms with Crippen molar-refractivity contribution in [3.63, 3.8) is 0 Å². The second kappa shape index (κ2) is 4.87. The molecule has 0 radical (unpaired) electrons. The third-order valence-corrected chi connectivity index (χ3v) is 3.52. The van der Waals surface area contributed by atoms with Crippen molar-refractivity contribution in [2.75, 3.05) is 19.6 Å². The summed E-state index contributed by atoms with van der Waals surface area (Å²) < 4.78 is 1.86. The van der Waals surface area contributed by atoms with Crippen LogP contribution in [0.5, 0.6) is 0 Å². The Balaban J connectivity index is 2.04. The summed E-state index contributed by atoms with van der Waals surface area (Å²) in [5.74, 6) is 1.19. The van der Waals surface area contributed by atoms with E-state index in [4.69, 9.17) is 5.73 Å². The number of imidazole rings is 1. The quantitative estimate of drug-likeness (QED) is 0.834. The number of rotatable bonds is 3. The highest BCUT2D eigenvalue weighted by molar-refractivity contribution is 5.92. The summed E-state index contributed by atoms with van der Waals surface area (Å²) in [4.78, 5) is 18.2. The predicted octanol–water partition coefficient (Wildman–Crippen LogP) is 0.570. The van der Waals surface area contributed by atoms with E-state index in [2.05, 4.69) is 18.8 Å². The Labute approximate surface area is 102 Å². The van der Waals surface area contributed by atoms with E-state index in [9.17, 15) is 4.79 Å². The molecule has 0 aromatic carbocycles. The molecule has 0 bridgehead atoms. The van der Waals surface area contributed by atoms with Crippen LogP contribution in [0, 0.1) is 11.8 Å². The van der Waals surface area contributed by atoms with Gasteiger partial charge in [0.15, 0.2) is 0 Å². The molecular weight excluding hydrogens is 216 g/mol. The number of carbonyl (C=O) groups excluding carboxylic acids is 1. The van der Waals surface area contributed by atoms with Crippen LogP contribution in [0.2, 0.25) is 0 Å². The van der Waals surface area contributed by atoms with E-state index in [1.807, 2.05) is 9.47 Å². The van der Waals surface area contributed by atoms with Crippen LogP contribution in [0.4, 0.5) is 0 Å². The van der Waals surface area contributed by atoms with Crippen LogP contribution in [0.25, 0.3) is 0 Å². The largest absolute Gasteiger partial charge is 0.337 e. The van der Waals surface area contributed by atoms with Crippen molar-refractivity contribution in [1.29, 1.82) is 0 Å². The van der Waals surface area contributed by atoms with E-state index in [0.29, 0.717) is 30.6 Å². The van der Waals surface area contributed by atoms with E-state index in [1.54, 1.807) is 12.5 Å². The van der Waals surface area contributed by atoms with Gasteiger partial charge in [-0.1, -0.05) is 13.8 Å². The molecule has 0 saturated carbocycles. The maximum Gasteiger partial charge on any atom is 0.274 e. The third-order valence-electron chi connectivity index (χ3n) is 3.52. The van der Waals surface area contributed by atoms with Gasteiger partial charge in [-0.25, -0.2) is 4.98 Å². The Bertz CT molecular complexity index is 391. The molecule has 94 valence electrons. The summed E-state index contributed by atoms with van der Waals surface area (Å²) >= 11 is 0. The van der Waals surface area contributed by atoms with Gasteiger partial charge in [-0.2, -0.15) is 0 Å². The number of nitrogens with two attached hydrogens (primary N) is 1.